The second kappa shape index (κ2) is 10.9. The van der Waals surface area contributed by atoms with E-state index in [1.165, 1.54) is 6.20 Å². The van der Waals surface area contributed by atoms with Gasteiger partial charge in [-0.25, -0.2) is 9.97 Å². The van der Waals surface area contributed by atoms with Gasteiger partial charge in [0.25, 0.3) is 5.56 Å². The van der Waals surface area contributed by atoms with Crippen molar-refractivity contribution >= 4 is 16.9 Å². The standard InChI is InChI=1S/C29H32N6O4/c1-33(27-17-25-26(18-31-27)39-14-13-38-25)21-5-9-34(10-6-21)11-12-35-24-16-22(37-2)15-23(20-3-7-30-8-4-20)29(24)32-19-28(35)36/h3-4,7-8,15-19,21H,5-6,9-14H2,1-2H3. The second-order valence-electron chi connectivity index (χ2n) is 9.90. The van der Waals surface area contributed by atoms with Crippen molar-refractivity contribution in [1.29, 1.82) is 0 Å². The van der Waals surface area contributed by atoms with Crippen molar-refractivity contribution < 1.29 is 14.2 Å². The number of hydrogen-bond acceptors (Lipinski definition) is 9. The fourth-order valence-electron chi connectivity index (χ4n) is 5.43. The molecule has 39 heavy (non-hydrogen) atoms. The Hall–Kier alpha value is -4.18. The van der Waals surface area contributed by atoms with Gasteiger partial charge in [0.05, 0.1) is 30.5 Å². The fourth-order valence-corrected chi connectivity index (χ4v) is 5.43. The van der Waals surface area contributed by atoms with Crippen molar-refractivity contribution in [3.63, 3.8) is 0 Å². The highest BCUT2D eigenvalue weighted by atomic mass is 16.6. The van der Waals surface area contributed by atoms with Gasteiger partial charge in [-0.2, -0.15) is 0 Å². The molecule has 1 fully saturated rings. The quantitative estimate of drug-likeness (QED) is 0.358. The van der Waals surface area contributed by atoms with Crippen LogP contribution in [0.4, 0.5) is 5.82 Å². The average Bonchev–Trinajstić information content (AvgIpc) is 3.00. The average molecular weight is 529 g/mol. The molecule has 5 heterocycles. The van der Waals surface area contributed by atoms with Crippen LogP contribution >= 0.6 is 0 Å². The van der Waals surface area contributed by atoms with E-state index < -0.39 is 0 Å². The maximum Gasteiger partial charge on any atom is 0.269 e. The first-order valence-electron chi connectivity index (χ1n) is 13.3. The molecule has 0 radical (unpaired) electrons. The van der Waals surface area contributed by atoms with E-state index >= 15 is 0 Å². The Morgan fingerprint density at radius 1 is 1.00 bits per heavy atom. The maximum atomic E-state index is 13.0. The van der Waals surface area contributed by atoms with Crippen molar-refractivity contribution in [3.05, 3.63) is 65.5 Å². The first-order valence-corrected chi connectivity index (χ1v) is 13.3. The highest BCUT2D eigenvalue weighted by Gasteiger charge is 2.25. The van der Waals surface area contributed by atoms with Gasteiger partial charge in [-0.15, -0.1) is 0 Å². The molecule has 10 nitrogen and oxygen atoms in total. The molecule has 0 saturated carbocycles. The van der Waals surface area contributed by atoms with Crippen LogP contribution in [0.5, 0.6) is 17.2 Å². The topological polar surface area (TPSA) is 94.8 Å². The van der Waals surface area contributed by atoms with Crippen LogP contribution in [0.3, 0.4) is 0 Å². The van der Waals surface area contributed by atoms with Gasteiger partial charge >= 0.3 is 0 Å². The summed E-state index contributed by atoms with van der Waals surface area (Å²) in [5.41, 5.74) is 3.32. The van der Waals surface area contributed by atoms with E-state index in [2.05, 4.69) is 31.8 Å². The van der Waals surface area contributed by atoms with Crippen LogP contribution in [-0.2, 0) is 6.54 Å². The number of pyridine rings is 2. The van der Waals surface area contributed by atoms with Gasteiger partial charge in [-0.3, -0.25) is 9.78 Å². The van der Waals surface area contributed by atoms with E-state index in [9.17, 15) is 4.79 Å². The summed E-state index contributed by atoms with van der Waals surface area (Å²) in [6, 6.07) is 10.1. The van der Waals surface area contributed by atoms with E-state index in [0.717, 1.165) is 66.2 Å². The molecule has 2 aliphatic heterocycles. The van der Waals surface area contributed by atoms with Gasteiger partial charge in [-0.1, -0.05) is 0 Å². The summed E-state index contributed by atoms with van der Waals surface area (Å²) in [6.45, 7) is 4.37. The second-order valence-corrected chi connectivity index (χ2v) is 9.90. The van der Waals surface area contributed by atoms with Gasteiger partial charge in [-0.05, 0) is 36.6 Å². The Morgan fingerprint density at radius 2 is 1.77 bits per heavy atom. The van der Waals surface area contributed by atoms with E-state index in [4.69, 9.17) is 14.2 Å². The van der Waals surface area contributed by atoms with E-state index in [0.29, 0.717) is 37.3 Å². The minimum absolute atomic E-state index is 0.115. The lowest BCUT2D eigenvalue weighted by Crippen LogP contribution is -2.45. The van der Waals surface area contributed by atoms with Crippen molar-refractivity contribution in [2.45, 2.75) is 25.4 Å². The Kier molecular flexibility index (Phi) is 7.02. The van der Waals surface area contributed by atoms with Gasteiger partial charge in [0.2, 0.25) is 0 Å². The zero-order valence-electron chi connectivity index (χ0n) is 22.2. The summed E-state index contributed by atoms with van der Waals surface area (Å²) < 4.78 is 18.7. The number of methoxy groups -OCH3 is 1. The first kappa shape index (κ1) is 25.1. The summed E-state index contributed by atoms with van der Waals surface area (Å²) in [5.74, 6) is 3.05. The molecule has 0 unspecified atom stereocenters. The number of aromatic nitrogens is 4. The summed E-state index contributed by atoms with van der Waals surface area (Å²) in [7, 11) is 3.73. The van der Waals surface area contributed by atoms with Gasteiger partial charge in [0, 0.05) is 69.4 Å². The Balaban J connectivity index is 1.15. The van der Waals surface area contributed by atoms with Crippen LogP contribution in [0.15, 0.2) is 59.9 Å². The Bertz CT molecular complexity index is 1520. The van der Waals surface area contributed by atoms with Crippen molar-refractivity contribution in [1.82, 2.24) is 24.4 Å². The molecule has 0 N–H and O–H groups in total. The van der Waals surface area contributed by atoms with Crippen LogP contribution in [0.1, 0.15) is 12.8 Å². The largest absolute Gasteiger partial charge is 0.497 e. The van der Waals surface area contributed by atoms with Crippen molar-refractivity contribution in [3.8, 4) is 28.4 Å². The lowest BCUT2D eigenvalue weighted by Gasteiger charge is -2.37. The molecule has 202 valence electrons. The van der Waals surface area contributed by atoms with Gasteiger partial charge in [0.1, 0.15) is 24.8 Å². The molecule has 2 aliphatic rings. The zero-order chi connectivity index (χ0) is 26.8. The van der Waals surface area contributed by atoms with Crippen molar-refractivity contribution in [2.75, 3.05) is 51.9 Å². The summed E-state index contributed by atoms with van der Waals surface area (Å²) in [4.78, 5) is 30.9. The predicted octanol–water partition coefficient (Wildman–Crippen LogP) is 3.23. The lowest BCUT2D eigenvalue weighted by molar-refractivity contribution is 0.170. The van der Waals surface area contributed by atoms with Crippen LogP contribution in [0.2, 0.25) is 0 Å². The number of anilines is 1. The number of piperidine rings is 1. The third kappa shape index (κ3) is 5.12. The third-order valence-electron chi connectivity index (χ3n) is 7.67. The Labute approximate surface area is 226 Å². The number of rotatable bonds is 7. The highest BCUT2D eigenvalue weighted by molar-refractivity contribution is 5.93. The molecule has 0 atom stereocenters. The lowest BCUT2D eigenvalue weighted by atomic mass is 10.0. The molecule has 0 spiro atoms. The minimum Gasteiger partial charge on any atom is -0.497 e. The molecule has 10 heteroatoms. The number of nitrogens with zero attached hydrogens (tertiary/aromatic N) is 6. The molecular weight excluding hydrogens is 496 g/mol. The number of hydrogen-bond donors (Lipinski definition) is 0. The van der Waals surface area contributed by atoms with E-state index in [1.807, 2.05) is 34.9 Å². The molecule has 6 rings (SSSR count). The predicted molar refractivity (Wildman–Crippen MR) is 149 cm³/mol. The summed E-state index contributed by atoms with van der Waals surface area (Å²) in [6.07, 6.45) is 8.70. The Morgan fingerprint density at radius 3 is 2.54 bits per heavy atom. The van der Waals surface area contributed by atoms with E-state index in [-0.39, 0.29) is 5.56 Å². The number of benzene rings is 1. The SMILES string of the molecule is COc1cc(-c2ccncc2)c2ncc(=O)n(CCN3CCC(N(C)c4cc5c(cn4)OCCO5)CC3)c2c1. The molecule has 1 saturated heterocycles. The monoisotopic (exact) mass is 528 g/mol. The molecular formula is C29H32N6O4. The first-order chi connectivity index (χ1) is 19.1. The number of ether oxygens (including phenoxy) is 3. The third-order valence-corrected chi connectivity index (χ3v) is 7.67. The molecule has 1 aromatic carbocycles. The maximum absolute atomic E-state index is 13.0. The minimum atomic E-state index is -0.115. The summed E-state index contributed by atoms with van der Waals surface area (Å²) >= 11 is 0. The number of fused-ring (bicyclic) bond motifs is 2. The molecule has 3 aromatic heterocycles. The molecule has 0 amide bonds. The van der Waals surface area contributed by atoms with Gasteiger partial charge < -0.3 is 28.6 Å². The van der Waals surface area contributed by atoms with Crippen LogP contribution in [0.25, 0.3) is 22.2 Å². The zero-order valence-corrected chi connectivity index (χ0v) is 22.2. The van der Waals surface area contributed by atoms with E-state index in [1.54, 1.807) is 25.7 Å². The normalized spacial score (nSPS) is 15.8. The molecule has 0 aliphatic carbocycles. The number of likely N-dealkylation sites (tertiary alicyclic amines) is 1. The highest BCUT2D eigenvalue weighted by Crippen LogP contribution is 2.33. The van der Waals surface area contributed by atoms with Crippen LogP contribution in [-0.4, -0.2) is 77.5 Å². The summed E-state index contributed by atoms with van der Waals surface area (Å²) in [5, 5.41) is 0. The smallest absolute Gasteiger partial charge is 0.269 e. The van der Waals surface area contributed by atoms with Crippen LogP contribution in [0, 0.1) is 0 Å². The molecule has 4 aromatic rings. The molecule has 0 bridgehead atoms. The fraction of sp³-hybridized carbons (Fsp3) is 0.379. The van der Waals surface area contributed by atoms with Crippen molar-refractivity contribution in [2.24, 2.45) is 0 Å². The van der Waals surface area contributed by atoms with Gasteiger partial charge in [0.15, 0.2) is 11.5 Å². The van der Waals surface area contributed by atoms with Crippen LogP contribution < -0.4 is 24.7 Å².